The van der Waals surface area contributed by atoms with E-state index in [0.717, 1.165) is 19.3 Å². The van der Waals surface area contributed by atoms with Crippen LogP contribution >= 0.6 is 0 Å². The number of aliphatic carboxylic acids is 1. The number of carbonyl (C=O) groups is 3. The summed E-state index contributed by atoms with van der Waals surface area (Å²) >= 11 is 0. The number of carbonyl (C=O) groups excluding carboxylic acids is 2. The van der Waals surface area contributed by atoms with E-state index < -0.39 is 5.97 Å². The molecule has 0 aromatic rings. The van der Waals surface area contributed by atoms with Crippen LogP contribution in [0.2, 0.25) is 0 Å². The number of hydrogen-bond acceptors (Lipinski definition) is 3. The van der Waals surface area contributed by atoms with Crippen LogP contribution < -0.4 is 0 Å². The largest absolute Gasteiger partial charge is 0.481 e. The van der Waals surface area contributed by atoms with Gasteiger partial charge in [0, 0.05) is 33.0 Å². The second-order valence-electron chi connectivity index (χ2n) is 5.04. The maximum atomic E-state index is 12.2. The van der Waals surface area contributed by atoms with Gasteiger partial charge in [-0.2, -0.15) is 0 Å². The molecule has 0 unspecified atom stereocenters. The molecule has 1 atom stereocenters. The Morgan fingerprint density at radius 1 is 1.32 bits per heavy atom. The molecule has 0 aromatic carbocycles. The Labute approximate surface area is 113 Å². The minimum atomic E-state index is -0.834. The molecule has 2 amide bonds. The Morgan fingerprint density at radius 3 is 2.58 bits per heavy atom. The average Bonchev–Trinajstić information content (AvgIpc) is 2.36. The Morgan fingerprint density at radius 2 is 2.00 bits per heavy atom. The summed E-state index contributed by atoms with van der Waals surface area (Å²) in [6.07, 6.45) is 3.39. The van der Waals surface area contributed by atoms with Crippen LogP contribution in [-0.4, -0.2) is 58.9 Å². The highest BCUT2D eigenvalue weighted by Gasteiger charge is 2.27. The van der Waals surface area contributed by atoms with Crippen molar-refractivity contribution in [3.05, 3.63) is 0 Å². The SMILES string of the molecule is CC(=O)N(C)CC(=O)N1CCCC[C@H]1CCC(=O)O. The predicted octanol–water partition coefficient (Wildman–Crippen LogP) is 0.711. The van der Waals surface area contributed by atoms with Crippen LogP contribution in [0.15, 0.2) is 0 Å². The maximum Gasteiger partial charge on any atom is 0.303 e. The number of amides is 2. The molecule has 1 aliphatic heterocycles. The van der Waals surface area contributed by atoms with Gasteiger partial charge in [0.1, 0.15) is 0 Å². The fourth-order valence-electron chi connectivity index (χ4n) is 2.32. The molecule has 0 radical (unpaired) electrons. The third-order valence-corrected chi connectivity index (χ3v) is 3.55. The van der Waals surface area contributed by atoms with E-state index in [0.29, 0.717) is 13.0 Å². The second kappa shape index (κ2) is 7.11. The van der Waals surface area contributed by atoms with Gasteiger partial charge in [0.2, 0.25) is 11.8 Å². The van der Waals surface area contributed by atoms with E-state index in [2.05, 4.69) is 0 Å². The van der Waals surface area contributed by atoms with Gasteiger partial charge in [0.15, 0.2) is 0 Å². The smallest absolute Gasteiger partial charge is 0.303 e. The molecule has 1 saturated heterocycles. The molecule has 0 spiro atoms. The molecule has 1 N–H and O–H groups in total. The van der Waals surface area contributed by atoms with Crippen LogP contribution in [0.1, 0.15) is 39.0 Å². The van der Waals surface area contributed by atoms with E-state index in [-0.39, 0.29) is 30.8 Å². The molecule has 0 aliphatic carbocycles. The van der Waals surface area contributed by atoms with Crippen molar-refractivity contribution >= 4 is 17.8 Å². The molecule has 19 heavy (non-hydrogen) atoms. The summed E-state index contributed by atoms with van der Waals surface area (Å²) in [5.41, 5.74) is 0. The van der Waals surface area contributed by atoms with Crippen molar-refractivity contribution < 1.29 is 19.5 Å². The highest BCUT2D eigenvalue weighted by atomic mass is 16.4. The minimum absolute atomic E-state index is 0.00212. The highest BCUT2D eigenvalue weighted by molar-refractivity contribution is 5.84. The maximum absolute atomic E-state index is 12.2. The first-order valence-corrected chi connectivity index (χ1v) is 6.64. The van der Waals surface area contributed by atoms with E-state index in [1.807, 2.05) is 0 Å². The number of nitrogens with zero attached hydrogens (tertiary/aromatic N) is 2. The van der Waals surface area contributed by atoms with Crippen LogP contribution in [-0.2, 0) is 14.4 Å². The zero-order chi connectivity index (χ0) is 14.4. The van der Waals surface area contributed by atoms with Crippen molar-refractivity contribution in [2.24, 2.45) is 0 Å². The third-order valence-electron chi connectivity index (χ3n) is 3.55. The van der Waals surface area contributed by atoms with Crippen molar-refractivity contribution in [2.45, 2.75) is 45.1 Å². The topological polar surface area (TPSA) is 77.9 Å². The lowest BCUT2D eigenvalue weighted by Gasteiger charge is -2.36. The van der Waals surface area contributed by atoms with Crippen molar-refractivity contribution in [2.75, 3.05) is 20.1 Å². The predicted molar refractivity (Wildman–Crippen MR) is 69.5 cm³/mol. The standard InChI is InChI=1S/C13H22N2O4/c1-10(16)14(2)9-12(17)15-8-4-3-5-11(15)6-7-13(18)19/h11H,3-9H2,1-2H3,(H,18,19)/t11-/m0/s1. The summed E-state index contributed by atoms with van der Waals surface area (Å²) in [5, 5.41) is 8.73. The molecule has 1 heterocycles. The van der Waals surface area contributed by atoms with Crippen LogP contribution in [0, 0.1) is 0 Å². The Hall–Kier alpha value is -1.59. The van der Waals surface area contributed by atoms with Gasteiger partial charge >= 0.3 is 5.97 Å². The molecule has 108 valence electrons. The summed E-state index contributed by atoms with van der Waals surface area (Å²) in [6.45, 7) is 2.15. The van der Waals surface area contributed by atoms with Crippen LogP contribution in [0.4, 0.5) is 0 Å². The van der Waals surface area contributed by atoms with Gasteiger partial charge in [-0.05, 0) is 25.7 Å². The molecule has 0 saturated carbocycles. The van der Waals surface area contributed by atoms with E-state index >= 15 is 0 Å². The monoisotopic (exact) mass is 270 g/mol. The number of rotatable bonds is 5. The van der Waals surface area contributed by atoms with Crippen molar-refractivity contribution in [3.63, 3.8) is 0 Å². The zero-order valence-electron chi connectivity index (χ0n) is 11.6. The van der Waals surface area contributed by atoms with Crippen LogP contribution in [0.5, 0.6) is 0 Å². The molecule has 1 aliphatic rings. The van der Waals surface area contributed by atoms with Gasteiger partial charge in [0.05, 0.1) is 6.54 Å². The van der Waals surface area contributed by atoms with Crippen molar-refractivity contribution in [3.8, 4) is 0 Å². The van der Waals surface area contributed by atoms with E-state index in [1.165, 1.54) is 11.8 Å². The van der Waals surface area contributed by atoms with E-state index in [9.17, 15) is 14.4 Å². The fourth-order valence-corrected chi connectivity index (χ4v) is 2.32. The first-order chi connectivity index (χ1) is 8.91. The number of carboxylic acids is 1. The minimum Gasteiger partial charge on any atom is -0.481 e. The molecular weight excluding hydrogens is 248 g/mol. The normalized spacial score (nSPS) is 19.1. The lowest BCUT2D eigenvalue weighted by molar-refractivity contribution is -0.142. The number of likely N-dealkylation sites (N-methyl/N-ethyl adjacent to an activating group) is 1. The lowest BCUT2D eigenvalue weighted by atomic mass is 9.98. The second-order valence-corrected chi connectivity index (χ2v) is 5.04. The first-order valence-electron chi connectivity index (χ1n) is 6.64. The average molecular weight is 270 g/mol. The third kappa shape index (κ3) is 4.89. The van der Waals surface area contributed by atoms with Gasteiger partial charge in [-0.1, -0.05) is 0 Å². The fraction of sp³-hybridized carbons (Fsp3) is 0.769. The summed E-state index contributed by atoms with van der Waals surface area (Å²) in [4.78, 5) is 37.0. The summed E-state index contributed by atoms with van der Waals surface area (Å²) in [7, 11) is 1.59. The Bertz CT molecular complexity index is 357. The molecule has 6 heteroatoms. The van der Waals surface area contributed by atoms with E-state index in [1.54, 1.807) is 11.9 Å². The molecular formula is C13H22N2O4. The number of piperidine rings is 1. The van der Waals surface area contributed by atoms with Gasteiger partial charge in [-0.3, -0.25) is 14.4 Å². The Balaban J connectivity index is 2.57. The molecule has 0 bridgehead atoms. The molecule has 6 nitrogen and oxygen atoms in total. The molecule has 1 fully saturated rings. The van der Waals surface area contributed by atoms with E-state index in [4.69, 9.17) is 5.11 Å². The number of carboxylic acid groups (broad SMARTS) is 1. The van der Waals surface area contributed by atoms with Gasteiger partial charge in [-0.15, -0.1) is 0 Å². The summed E-state index contributed by atoms with van der Waals surface area (Å²) in [5.74, 6) is -1.07. The number of hydrogen-bond donors (Lipinski definition) is 1. The Kier molecular flexibility index (Phi) is 5.79. The number of likely N-dealkylation sites (tertiary alicyclic amines) is 1. The summed E-state index contributed by atoms with van der Waals surface area (Å²) in [6, 6.07) is -0.00212. The first kappa shape index (κ1) is 15.5. The van der Waals surface area contributed by atoms with Gasteiger partial charge < -0.3 is 14.9 Å². The van der Waals surface area contributed by atoms with Crippen LogP contribution in [0.3, 0.4) is 0 Å². The highest BCUT2D eigenvalue weighted by Crippen LogP contribution is 2.21. The summed E-state index contributed by atoms with van der Waals surface area (Å²) < 4.78 is 0. The molecule has 0 aromatic heterocycles. The zero-order valence-corrected chi connectivity index (χ0v) is 11.6. The lowest BCUT2D eigenvalue weighted by Crippen LogP contribution is -2.48. The quantitative estimate of drug-likeness (QED) is 0.798. The van der Waals surface area contributed by atoms with Crippen molar-refractivity contribution in [1.29, 1.82) is 0 Å². The van der Waals surface area contributed by atoms with Crippen molar-refractivity contribution in [1.82, 2.24) is 9.80 Å². The van der Waals surface area contributed by atoms with Gasteiger partial charge in [-0.25, -0.2) is 0 Å². The van der Waals surface area contributed by atoms with Crippen LogP contribution in [0.25, 0.3) is 0 Å². The van der Waals surface area contributed by atoms with Gasteiger partial charge in [0.25, 0.3) is 0 Å². The molecule has 1 rings (SSSR count).